The highest BCUT2D eigenvalue weighted by Gasteiger charge is 2.30. The van der Waals surface area contributed by atoms with Crippen LogP contribution in [-0.4, -0.2) is 11.8 Å². The lowest BCUT2D eigenvalue weighted by Crippen LogP contribution is -2.32. The summed E-state index contributed by atoms with van der Waals surface area (Å²) in [6, 6.07) is 13.7. The summed E-state index contributed by atoms with van der Waals surface area (Å²) in [5.41, 5.74) is 2.65. The van der Waals surface area contributed by atoms with Gasteiger partial charge in [-0.25, -0.2) is 4.39 Å². The number of anilines is 2. The minimum absolute atomic E-state index is 0.0229. The normalized spacial score (nSPS) is 19.3. The van der Waals surface area contributed by atoms with E-state index in [2.05, 4.69) is 24.5 Å². The molecular formula is C23H27FN2O2. The molecule has 2 aromatic carbocycles. The number of nitrogens with one attached hydrogen (secondary N) is 2. The highest BCUT2D eigenvalue weighted by atomic mass is 19.1. The molecule has 0 spiro atoms. The van der Waals surface area contributed by atoms with Gasteiger partial charge >= 0.3 is 0 Å². The van der Waals surface area contributed by atoms with Crippen LogP contribution in [0.4, 0.5) is 15.8 Å². The lowest BCUT2D eigenvalue weighted by atomic mass is 9.81. The van der Waals surface area contributed by atoms with Crippen LogP contribution in [0.2, 0.25) is 0 Å². The van der Waals surface area contributed by atoms with Gasteiger partial charge < -0.3 is 10.6 Å². The average molecular weight is 382 g/mol. The summed E-state index contributed by atoms with van der Waals surface area (Å²) in [6.07, 6.45) is 2.74. The fraction of sp³-hybridized carbons (Fsp3) is 0.391. The summed E-state index contributed by atoms with van der Waals surface area (Å²) in [5, 5.41) is 5.82. The number of hydrogen-bond acceptors (Lipinski definition) is 2. The molecule has 2 N–H and O–H groups in total. The molecule has 5 heteroatoms. The Balaban J connectivity index is 1.48. The van der Waals surface area contributed by atoms with Crippen molar-refractivity contribution in [2.45, 2.75) is 45.4 Å². The van der Waals surface area contributed by atoms with E-state index in [-0.39, 0.29) is 29.5 Å². The second-order valence-electron chi connectivity index (χ2n) is 7.81. The third kappa shape index (κ3) is 5.18. The number of rotatable bonds is 5. The molecule has 1 fully saturated rings. The number of amides is 2. The summed E-state index contributed by atoms with van der Waals surface area (Å²) in [7, 11) is 0. The van der Waals surface area contributed by atoms with E-state index >= 15 is 0 Å². The van der Waals surface area contributed by atoms with Crippen LogP contribution < -0.4 is 10.6 Å². The zero-order valence-electron chi connectivity index (χ0n) is 16.4. The SMILES string of the molecule is CC(C)c1ccc(NC(=O)C2CCC(C(=O)Nc3ccc(F)cc3)CC2)cc1. The second kappa shape index (κ2) is 9.00. The molecule has 3 rings (SSSR count). The molecule has 4 nitrogen and oxygen atoms in total. The third-order valence-corrected chi connectivity index (χ3v) is 5.43. The third-order valence-electron chi connectivity index (χ3n) is 5.43. The minimum Gasteiger partial charge on any atom is -0.326 e. The van der Waals surface area contributed by atoms with Gasteiger partial charge in [-0.15, -0.1) is 0 Å². The van der Waals surface area contributed by atoms with E-state index in [9.17, 15) is 14.0 Å². The Bertz CT molecular complexity index is 808. The van der Waals surface area contributed by atoms with Gasteiger partial charge in [-0.1, -0.05) is 26.0 Å². The first-order valence-electron chi connectivity index (χ1n) is 9.89. The van der Waals surface area contributed by atoms with Crippen LogP contribution in [0, 0.1) is 17.7 Å². The zero-order valence-corrected chi connectivity index (χ0v) is 16.4. The maximum absolute atomic E-state index is 13.0. The summed E-state index contributed by atoms with van der Waals surface area (Å²) in [4.78, 5) is 24.9. The Morgan fingerprint density at radius 3 is 1.57 bits per heavy atom. The molecule has 1 aliphatic carbocycles. The molecule has 1 aliphatic rings. The van der Waals surface area contributed by atoms with Crippen LogP contribution in [0.1, 0.15) is 51.0 Å². The lowest BCUT2D eigenvalue weighted by molar-refractivity contribution is -0.125. The van der Waals surface area contributed by atoms with E-state index in [0.29, 0.717) is 37.3 Å². The Hall–Kier alpha value is -2.69. The molecule has 0 heterocycles. The first-order valence-corrected chi connectivity index (χ1v) is 9.89. The van der Waals surface area contributed by atoms with Gasteiger partial charge in [-0.3, -0.25) is 9.59 Å². The Morgan fingerprint density at radius 2 is 1.18 bits per heavy atom. The van der Waals surface area contributed by atoms with Gasteiger partial charge in [0.15, 0.2) is 0 Å². The van der Waals surface area contributed by atoms with Crippen molar-refractivity contribution in [3.05, 3.63) is 59.9 Å². The van der Waals surface area contributed by atoms with Gasteiger partial charge in [0.25, 0.3) is 0 Å². The van der Waals surface area contributed by atoms with Crippen LogP contribution in [0.3, 0.4) is 0 Å². The standard InChI is InChI=1S/C23H27FN2O2/c1-15(2)16-7-11-20(12-8-16)25-22(27)17-3-5-18(6-4-17)23(28)26-21-13-9-19(24)10-14-21/h7-15,17-18H,3-6H2,1-2H3,(H,25,27)(H,26,28). The molecule has 0 bridgehead atoms. The smallest absolute Gasteiger partial charge is 0.227 e. The topological polar surface area (TPSA) is 58.2 Å². The van der Waals surface area contributed by atoms with E-state index < -0.39 is 0 Å². The van der Waals surface area contributed by atoms with Crippen molar-refractivity contribution in [3.8, 4) is 0 Å². The number of carbonyl (C=O) groups is 2. The van der Waals surface area contributed by atoms with Crippen molar-refractivity contribution in [3.63, 3.8) is 0 Å². The van der Waals surface area contributed by atoms with Crippen molar-refractivity contribution in [2.75, 3.05) is 10.6 Å². The van der Waals surface area contributed by atoms with E-state index in [0.717, 1.165) is 5.69 Å². The van der Waals surface area contributed by atoms with Crippen molar-refractivity contribution >= 4 is 23.2 Å². The Kier molecular flexibility index (Phi) is 6.45. The van der Waals surface area contributed by atoms with E-state index in [1.54, 1.807) is 12.1 Å². The Labute approximate surface area is 165 Å². The second-order valence-corrected chi connectivity index (χ2v) is 7.81. The van der Waals surface area contributed by atoms with Gasteiger partial charge in [0.1, 0.15) is 5.82 Å². The summed E-state index contributed by atoms with van der Waals surface area (Å²) in [5.74, 6) is -0.0899. The summed E-state index contributed by atoms with van der Waals surface area (Å²) >= 11 is 0. The quantitative estimate of drug-likeness (QED) is 0.734. The van der Waals surface area contributed by atoms with Gasteiger partial charge in [-0.2, -0.15) is 0 Å². The fourth-order valence-electron chi connectivity index (χ4n) is 3.59. The lowest BCUT2D eigenvalue weighted by Gasteiger charge is -2.27. The molecule has 2 aromatic rings. The average Bonchev–Trinajstić information content (AvgIpc) is 2.70. The van der Waals surface area contributed by atoms with E-state index in [1.165, 1.54) is 17.7 Å². The van der Waals surface area contributed by atoms with Gasteiger partial charge in [0.2, 0.25) is 11.8 Å². The molecule has 0 aliphatic heterocycles. The van der Waals surface area contributed by atoms with Crippen molar-refractivity contribution in [1.82, 2.24) is 0 Å². The monoisotopic (exact) mass is 382 g/mol. The Morgan fingerprint density at radius 1 is 0.786 bits per heavy atom. The maximum Gasteiger partial charge on any atom is 0.227 e. The maximum atomic E-state index is 13.0. The largest absolute Gasteiger partial charge is 0.326 e. The van der Waals surface area contributed by atoms with Crippen molar-refractivity contribution < 1.29 is 14.0 Å². The van der Waals surface area contributed by atoms with Crippen LogP contribution in [0.15, 0.2) is 48.5 Å². The van der Waals surface area contributed by atoms with E-state index in [1.807, 2.05) is 24.3 Å². The molecular weight excluding hydrogens is 355 g/mol. The van der Waals surface area contributed by atoms with Crippen LogP contribution >= 0.6 is 0 Å². The van der Waals surface area contributed by atoms with Gasteiger partial charge in [-0.05, 0) is 73.6 Å². The molecule has 0 atom stereocenters. The number of carbonyl (C=O) groups excluding carboxylic acids is 2. The fourth-order valence-corrected chi connectivity index (χ4v) is 3.59. The molecule has 1 saturated carbocycles. The molecule has 0 radical (unpaired) electrons. The minimum atomic E-state index is -0.330. The predicted molar refractivity (Wildman–Crippen MR) is 110 cm³/mol. The summed E-state index contributed by atoms with van der Waals surface area (Å²) in [6.45, 7) is 4.27. The number of hydrogen-bond donors (Lipinski definition) is 2. The van der Waals surface area contributed by atoms with Crippen LogP contribution in [0.5, 0.6) is 0 Å². The molecule has 0 unspecified atom stereocenters. The van der Waals surface area contributed by atoms with Crippen molar-refractivity contribution in [1.29, 1.82) is 0 Å². The number of halogens is 1. The summed E-state index contributed by atoms with van der Waals surface area (Å²) < 4.78 is 13.0. The molecule has 0 aromatic heterocycles. The number of benzene rings is 2. The zero-order chi connectivity index (χ0) is 20.1. The van der Waals surface area contributed by atoms with Crippen molar-refractivity contribution in [2.24, 2.45) is 11.8 Å². The first-order chi connectivity index (χ1) is 13.4. The molecule has 0 saturated heterocycles. The van der Waals surface area contributed by atoms with Gasteiger partial charge in [0.05, 0.1) is 0 Å². The highest BCUT2D eigenvalue weighted by Crippen LogP contribution is 2.31. The predicted octanol–water partition coefficient (Wildman–Crippen LogP) is 5.33. The van der Waals surface area contributed by atoms with Crippen LogP contribution in [-0.2, 0) is 9.59 Å². The first kappa shape index (κ1) is 20.1. The molecule has 28 heavy (non-hydrogen) atoms. The van der Waals surface area contributed by atoms with Crippen LogP contribution in [0.25, 0.3) is 0 Å². The van der Waals surface area contributed by atoms with Gasteiger partial charge in [0, 0.05) is 23.2 Å². The van der Waals surface area contributed by atoms with E-state index in [4.69, 9.17) is 0 Å². The molecule has 148 valence electrons. The highest BCUT2D eigenvalue weighted by molar-refractivity contribution is 5.94. The molecule has 2 amide bonds.